The van der Waals surface area contributed by atoms with E-state index in [1.165, 1.54) is 17.0 Å². The van der Waals surface area contributed by atoms with Crippen LogP contribution in [0.5, 0.6) is 11.5 Å². The topological polar surface area (TPSA) is 94.1 Å². The van der Waals surface area contributed by atoms with Crippen LogP contribution in [0.25, 0.3) is 6.08 Å². The van der Waals surface area contributed by atoms with E-state index >= 15 is 0 Å². The molecule has 1 fully saturated rings. The third-order valence-corrected chi connectivity index (χ3v) is 5.73. The second-order valence-electron chi connectivity index (χ2n) is 7.84. The molecule has 4 rings (SSSR count). The van der Waals surface area contributed by atoms with Crippen molar-refractivity contribution in [1.29, 1.82) is 0 Å². The van der Waals surface area contributed by atoms with E-state index in [2.05, 4.69) is 6.92 Å². The van der Waals surface area contributed by atoms with E-state index in [0.717, 1.165) is 31.8 Å². The van der Waals surface area contributed by atoms with Crippen molar-refractivity contribution in [1.82, 2.24) is 0 Å². The fourth-order valence-electron chi connectivity index (χ4n) is 3.91. The van der Waals surface area contributed by atoms with Crippen LogP contribution in [-0.4, -0.2) is 28.9 Å². The molecular formula is C22H23N2O5+. The summed E-state index contributed by atoms with van der Waals surface area (Å²) in [5, 5.41) is 21.2. The fraction of sp³-hybridized carbons (Fsp3) is 0.318. The summed E-state index contributed by atoms with van der Waals surface area (Å²) in [6.07, 6.45) is 3.87. The number of aromatic hydroxyl groups is 1. The Labute approximate surface area is 168 Å². The molecule has 0 spiro atoms. The number of rotatable bonds is 4. The minimum atomic E-state index is -0.470. The van der Waals surface area contributed by atoms with Gasteiger partial charge in [-0.15, -0.1) is 0 Å². The number of Topliss-reactive ketones (excluding diaryl/α,β-unsaturated/α-hetero) is 1. The summed E-state index contributed by atoms with van der Waals surface area (Å²) < 4.78 is 5.88. The van der Waals surface area contributed by atoms with Crippen molar-refractivity contribution in [2.75, 3.05) is 13.1 Å². The maximum absolute atomic E-state index is 12.8. The minimum Gasteiger partial charge on any atom is -0.507 e. The van der Waals surface area contributed by atoms with Gasteiger partial charge in [-0.3, -0.25) is 14.9 Å². The predicted octanol–water partition coefficient (Wildman–Crippen LogP) is 2.73. The van der Waals surface area contributed by atoms with Gasteiger partial charge in [-0.1, -0.05) is 6.92 Å². The lowest BCUT2D eigenvalue weighted by Gasteiger charge is -2.27. The lowest BCUT2D eigenvalue weighted by molar-refractivity contribution is -0.919. The number of ether oxygens (including phenoxy) is 1. The van der Waals surface area contributed by atoms with E-state index in [1.807, 2.05) is 0 Å². The maximum Gasteiger partial charge on any atom is 0.269 e. The molecule has 7 nitrogen and oxygen atoms in total. The number of hydrogen-bond donors (Lipinski definition) is 2. The van der Waals surface area contributed by atoms with Crippen molar-refractivity contribution in [3.05, 3.63) is 69.0 Å². The van der Waals surface area contributed by atoms with E-state index in [4.69, 9.17) is 4.74 Å². The molecule has 2 aliphatic heterocycles. The number of allylic oxidation sites excluding steroid dienone is 1. The Morgan fingerprint density at radius 3 is 2.55 bits per heavy atom. The number of fused-ring (bicyclic) bond motifs is 1. The van der Waals surface area contributed by atoms with Crippen molar-refractivity contribution in [3.8, 4) is 11.5 Å². The van der Waals surface area contributed by atoms with Gasteiger partial charge in [0.15, 0.2) is 11.5 Å². The fourth-order valence-corrected chi connectivity index (χ4v) is 3.91. The van der Waals surface area contributed by atoms with Crippen molar-refractivity contribution < 1.29 is 24.5 Å². The van der Waals surface area contributed by atoms with Gasteiger partial charge in [0.1, 0.15) is 12.3 Å². The molecule has 0 radical (unpaired) electrons. The predicted molar refractivity (Wildman–Crippen MR) is 107 cm³/mol. The summed E-state index contributed by atoms with van der Waals surface area (Å²) in [7, 11) is 0. The van der Waals surface area contributed by atoms with E-state index in [9.17, 15) is 20.0 Å². The molecule has 2 N–H and O–H groups in total. The number of piperidine rings is 1. The van der Waals surface area contributed by atoms with Gasteiger partial charge in [-0.2, -0.15) is 0 Å². The van der Waals surface area contributed by atoms with Crippen molar-refractivity contribution in [3.63, 3.8) is 0 Å². The molecule has 29 heavy (non-hydrogen) atoms. The highest BCUT2D eigenvalue weighted by molar-refractivity contribution is 6.15. The number of hydrogen-bond acceptors (Lipinski definition) is 5. The summed E-state index contributed by atoms with van der Waals surface area (Å²) in [5.74, 6) is 1.20. The Balaban J connectivity index is 1.59. The second kappa shape index (κ2) is 7.67. The van der Waals surface area contributed by atoms with E-state index in [0.29, 0.717) is 29.0 Å². The van der Waals surface area contributed by atoms with Gasteiger partial charge in [0.25, 0.3) is 5.69 Å². The smallest absolute Gasteiger partial charge is 0.269 e. The first-order chi connectivity index (χ1) is 13.9. The highest BCUT2D eigenvalue weighted by atomic mass is 16.6. The van der Waals surface area contributed by atoms with Crippen LogP contribution in [0.4, 0.5) is 5.69 Å². The van der Waals surface area contributed by atoms with Gasteiger partial charge in [-0.05, 0) is 54.7 Å². The number of carbonyl (C=O) groups excluding carboxylic acids is 1. The number of nitrogens with zero attached hydrogens (tertiary/aromatic N) is 1. The van der Waals surface area contributed by atoms with E-state index < -0.39 is 4.92 Å². The van der Waals surface area contributed by atoms with Crippen LogP contribution in [0.1, 0.15) is 41.3 Å². The first-order valence-electron chi connectivity index (χ1n) is 9.79. The minimum absolute atomic E-state index is 0.0138. The number of nitro groups is 1. The molecule has 1 saturated heterocycles. The number of likely N-dealkylation sites (tertiary alicyclic amines) is 1. The standard InChI is InChI=1S/C22H22N2O5/c1-14-8-10-23(11-9-14)13-18-19(25)7-6-17-21(26)20(29-22(17)18)12-15-2-4-16(5-3-15)24(27)28/h2-7,12,14,25H,8-11,13H2,1H3/p+1/b20-12-. The van der Waals surface area contributed by atoms with Gasteiger partial charge >= 0.3 is 0 Å². The lowest BCUT2D eigenvalue weighted by Crippen LogP contribution is -3.11. The molecule has 2 heterocycles. The van der Waals surface area contributed by atoms with Crippen LogP contribution in [0.2, 0.25) is 0 Å². The molecule has 0 amide bonds. The van der Waals surface area contributed by atoms with Crippen LogP contribution in [0.15, 0.2) is 42.2 Å². The van der Waals surface area contributed by atoms with Gasteiger partial charge in [0.05, 0.1) is 29.1 Å². The molecule has 2 aliphatic rings. The zero-order valence-corrected chi connectivity index (χ0v) is 16.2. The molecule has 0 unspecified atom stereocenters. The number of benzene rings is 2. The van der Waals surface area contributed by atoms with Crippen molar-refractivity contribution in [2.24, 2.45) is 5.92 Å². The first kappa shape index (κ1) is 19.1. The second-order valence-corrected chi connectivity index (χ2v) is 7.84. The van der Waals surface area contributed by atoms with Crippen LogP contribution < -0.4 is 9.64 Å². The number of ketones is 1. The Hall–Kier alpha value is -3.19. The molecule has 0 saturated carbocycles. The SMILES string of the molecule is CC1CC[NH+](Cc2c(O)ccc3c2O/C(=C\c2ccc([N+](=O)[O-])cc2)C3=O)CC1. The van der Waals surface area contributed by atoms with E-state index in [1.54, 1.807) is 30.3 Å². The van der Waals surface area contributed by atoms with Crippen molar-refractivity contribution in [2.45, 2.75) is 26.3 Å². The Morgan fingerprint density at radius 1 is 1.21 bits per heavy atom. The van der Waals surface area contributed by atoms with Gasteiger partial charge in [0, 0.05) is 12.1 Å². The number of phenolic OH excluding ortho intramolecular Hbond substituents is 1. The number of quaternary nitrogens is 1. The molecule has 0 aromatic heterocycles. The summed E-state index contributed by atoms with van der Waals surface area (Å²) in [6, 6.07) is 9.05. The third kappa shape index (κ3) is 3.86. The highest BCUT2D eigenvalue weighted by Gasteiger charge is 2.33. The normalized spacial score (nSPS) is 22.4. The molecule has 0 aliphatic carbocycles. The van der Waals surface area contributed by atoms with Gasteiger partial charge in [-0.25, -0.2) is 0 Å². The summed E-state index contributed by atoms with van der Waals surface area (Å²) in [5.41, 5.74) is 1.72. The Kier molecular flexibility index (Phi) is 5.07. The molecule has 2 aromatic carbocycles. The third-order valence-electron chi connectivity index (χ3n) is 5.73. The Bertz CT molecular complexity index is 989. The number of carbonyl (C=O) groups is 1. The highest BCUT2D eigenvalue weighted by Crippen LogP contribution is 2.39. The number of nitro benzene ring substituents is 1. The van der Waals surface area contributed by atoms with Crippen LogP contribution in [0, 0.1) is 16.0 Å². The van der Waals surface area contributed by atoms with Crippen molar-refractivity contribution >= 4 is 17.5 Å². The van der Waals surface area contributed by atoms with Crippen LogP contribution >= 0.6 is 0 Å². The summed E-state index contributed by atoms with van der Waals surface area (Å²) in [4.78, 5) is 24.5. The first-order valence-corrected chi connectivity index (χ1v) is 9.79. The van der Waals surface area contributed by atoms with Crippen LogP contribution in [0.3, 0.4) is 0 Å². The number of nitrogens with one attached hydrogen (secondary N) is 1. The zero-order chi connectivity index (χ0) is 20.5. The summed E-state index contributed by atoms with van der Waals surface area (Å²) in [6.45, 7) is 4.93. The largest absolute Gasteiger partial charge is 0.507 e. The lowest BCUT2D eigenvalue weighted by atomic mass is 9.98. The molecule has 7 heteroatoms. The van der Waals surface area contributed by atoms with Gasteiger partial charge in [0.2, 0.25) is 5.78 Å². The number of phenols is 1. The average Bonchev–Trinajstić information content (AvgIpc) is 3.02. The molecule has 0 bridgehead atoms. The molecule has 0 atom stereocenters. The maximum atomic E-state index is 12.8. The van der Waals surface area contributed by atoms with Crippen LogP contribution in [-0.2, 0) is 6.54 Å². The zero-order valence-electron chi connectivity index (χ0n) is 16.2. The summed E-state index contributed by atoms with van der Waals surface area (Å²) >= 11 is 0. The van der Waals surface area contributed by atoms with Gasteiger partial charge < -0.3 is 14.7 Å². The monoisotopic (exact) mass is 395 g/mol. The van der Waals surface area contributed by atoms with E-state index in [-0.39, 0.29) is 23.0 Å². The Morgan fingerprint density at radius 2 is 1.90 bits per heavy atom. The number of non-ortho nitro benzene ring substituents is 1. The average molecular weight is 395 g/mol. The quantitative estimate of drug-likeness (QED) is 0.472. The molecular weight excluding hydrogens is 372 g/mol. The molecule has 150 valence electrons. The molecule has 2 aromatic rings.